The zero-order chi connectivity index (χ0) is 15.4. The third-order valence-electron chi connectivity index (χ3n) is 3.81. The zero-order valence-electron chi connectivity index (χ0n) is 11.5. The molecule has 1 fully saturated rings. The van der Waals surface area contributed by atoms with Crippen LogP contribution in [0.25, 0.3) is 0 Å². The van der Waals surface area contributed by atoms with Crippen LogP contribution in [0.5, 0.6) is 0 Å². The molecule has 1 heterocycles. The minimum absolute atomic E-state index is 0.00598. The third-order valence-corrected chi connectivity index (χ3v) is 3.81. The monoisotopic (exact) mass is 295 g/mol. The van der Waals surface area contributed by atoms with Crippen molar-refractivity contribution in [1.82, 2.24) is 4.90 Å². The van der Waals surface area contributed by atoms with E-state index in [0.717, 1.165) is 31.9 Å². The summed E-state index contributed by atoms with van der Waals surface area (Å²) in [6, 6.07) is 3.70. The molecule has 1 aliphatic heterocycles. The molecule has 0 amide bonds. The van der Waals surface area contributed by atoms with Crippen LogP contribution in [-0.4, -0.2) is 39.0 Å². The molecule has 1 N–H and O–H groups in total. The zero-order valence-corrected chi connectivity index (χ0v) is 11.5. The molecule has 8 heteroatoms. The van der Waals surface area contributed by atoms with Gasteiger partial charge < -0.3 is 5.11 Å². The second-order valence-electron chi connectivity index (χ2n) is 5.13. The van der Waals surface area contributed by atoms with E-state index in [0.29, 0.717) is 12.1 Å². The minimum Gasteiger partial charge on any atom is -0.395 e. The van der Waals surface area contributed by atoms with Gasteiger partial charge in [0, 0.05) is 24.2 Å². The van der Waals surface area contributed by atoms with E-state index in [1.165, 1.54) is 12.1 Å². The van der Waals surface area contributed by atoms with Gasteiger partial charge >= 0.3 is 0 Å². The molecule has 0 bridgehead atoms. The van der Waals surface area contributed by atoms with Gasteiger partial charge in [-0.1, -0.05) is 6.42 Å². The fourth-order valence-electron chi connectivity index (χ4n) is 2.66. The number of likely N-dealkylation sites (tertiary alicyclic amines) is 1. The largest absolute Gasteiger partial charge is 0.395 e. The molecule has 1 aromatic carbocycles. The standard InChI is InChI=1S/C13H17N3O5/c17-9-12-3-1-2-6-14(12)8-10-4-5-11(15(18)19)7-13(10)16(20)21/h4-5,7,12,17H,1-3,6,8-9H2. The minimum atomic E-state index is -0.645. The van der Waals surface area contributed by atoms with Crippen molar-refractivity contribution >= 4 is 11.4 Å². The fourth-order valence-corrected chi connectivity index (χ4v) is 2.66. The first-order valence-corrected chi connectivity index (χ1v) is 6.79. The molecule has 1 atom stereocenters. The molecule has 2 rings (SSSR count). The number of nitro benzene ring substituents is 2. The Labute approximate surface area is 121 Å². The molecule has 1 aliphatic rings. The Morgan fingerprint density at radius 2 is 2.00 bits per heavy atom. The summed E-state index contributed by atoms with van der Waals surface area (Å²) in [6.45, 7) is 1.10. The van der Waals surface area contributed by atoms with Gasteiger partial charge in [0.2, 0.25) is 0 Å². The van der Waals surface area contributed by atoms with Crippen LogP contribution in [0.4, 0.5) is 11.4 Å². The van der Waals surface area contributed by atoms with E-state index in [1.807, 2.05) is 4.90 Å². The molecule has 1 unspecified atom stereocenters. The van der Waals surface area contributed by atoms with Crippen molar-refractivity contribution in [1.29, 1.82) is 0 Å². The highest BCUT2D eigenvalue weighted by Gasteiger charge is 2.26. The Bertz CT molecular complexity index is 549. The smallest absolute Gasteiger partial charge is 0.280 e. The van der Waals surface area contributed by atoms with Gasteiger partial charge in [0.05, 0.1) is 22.5 Å². The number of piperidine rings is 1. The highest BCUT2D eigenvalue weighted by molar-refractivity contribution is 5.49. The van der Waals surface area contributed by atoms with Crippen molar-refractivity contribution < 1.29 is 15.0 Å². The third kappa shape index (κ3) is 3.53. The molecule has 114 valence electrons. The maximum atomic E-state index is 11.1. The molecule has 21 heavy (non-hydrogen) atoms. The van der Waals surface area contributed by atoms with Gasteiger partial charge in [-0.25, -0.2) is 0 Å². The first kappa shape index (κ1) is 15.3. The number of aliphatic hydroxyl groups excluding tert-OH is 1. The van der Waals surface area contributed by atoms with Gasteiger partial charge in [0.1, 0.15) is 0 Å². The first-order valence-electron chi connectivity index (χ1n) is 6.79. The Kier molecular flexibility index (Phi) is 4.81. The number of hydrogen-bond donors (Lipinski definition) is 1. The van der Waals surface area contributed by atoms with Gasteiger partial charge in [0.25, 0.3) is 11.4 Å². The van der Waals surface area contributed by atoms with E-state index in [1.54, 1.807) is 0 Å². The van der Waals surface area contributed by atoms with Crippen molar-refractivity contribution in [2.75, 3.05) is 13.2 Å². The van der Waals surface area contributed by atoms with Crippen LogP contribution < -0.4 is 0 Å². The Morgan fingerprint density at radius 3 is 2.62 bits per heavy atom. The summed E-state index contributed by atoms with van der Waals surface area (Å²) in [7, 11) is 0. The predicted molar refractivity (Wildman–Crippen MR) is 74.9 cm³/mol. The quantitative estimate of drug-likeness (QED) is 0.655. The fraction of sp³-hybridized carbons (Fsp3) is 0.538. The number of aliphatic hydroxyl groups is 1. The van der Waals surface area contributed by atoms with Crippen LogP contribution in [0.1, 0.15) is 24.8 Å². The molecule has 1 saturated heterocycles. The normalized spacial score (nSPS) is 19.4. The number of nitrogens with zero attached hydrogens (tertiary/aromatic N) is 3. The van der Waals surface area contributed by atoms with Crippen LogP contribution in [0.2, 0.25) is 0 Å². The second kappa shape index (κ2) is 6.59. The lowest BCUT2D eigenvalue weighted by Gasteiger charge is -2.34. The maximum Gasteiger partial charge on any atom is 0.280 e. The van der Waals surface area contributed by atoms with Crippen molar-refractivity contribution in [3.05, 3.63) is 44.0 Å². The molecule has 0 aromatic heterocycles. The van der Waals surface area contributed by atoms with Crippen molar-refractivity contribution in [2.24, 2.45) is 0 Å². The lowest BCUT2D eigenvalue weighted by molar-refractivity contribution is -0.394. The summed E-state index contributed by atoms with van der Waals surface area (Å²) < 4.78 is 0. The Balaban J connectivity index is 2.26. The SMILES string of the molecule is O=[N+]([O-])c1ccc(CN2CCCCC2CO)c([N+](=O)[O-])c1. The van der Waals surface area contributed by atoms with Crippen molar-refractivity contribution in [2.45, 2.75) is 31.8 Å². The summed E-state index contributed by atoms with van der Waals surface area (Å²) in [4.78, 5) is 22.6. The van der Waals surface area contributed by atoms with Gasteiger partial charge in [0.15, 0.2) is 0 Å². The maximum absolute atomic E-state index is 11.1. The van der Waals surface area contributed by atoms with E-state index < -0.39 is 9.85 Å². The van der Waals surface area contributed by atoms with E-state index in [9.17, 15) is 25.3 Å². The van der Waals surface area contributed by atoms with Gasteiger partial charge in [-0.2, -0.15) is 0 Å². The molecule has 1 aromatic rings. The molecule has 0 aliphatic carbocycles. The Morgan fingerprint density at radius 1 is 1.24 bits per heavy atom. The number of non-ortho nitro benzene ring substituents is 1. The predicted octanol–water partition coefficient (Wildman–Crippen LogP) is 1.85. The van der Waals surface area contributed by atoms with Crippen molar-refractivity contribution in [3.63, 3.8) is 0 Å². The summed E-state index contributed by atoms with van der Waals surface area (Å²) in [6.07, 6.45) is 2.87. The number of hydrogen-bond acceptors (Lipinski definition) is 6. The molecular formula is C13H17N3O5. The molecule has 0 radical (unpaired) electrons. The summed E-state index contributed by atoms with van der Waals surface area (Å²) >= 11 is 0. The van der Waals surface area contributed by atoms with E-state index >= 15 is 0 Å². The van der Waals surface area contributed by atoms with E-state index in [2.05, 4.69) is 0 Å². The van der Waals surface area contributed by atoms with E-state index in [-0.39, 0.29) is 24.0 Å². The average Bonchev–Trinajstić information content (AvgIpc) is 2.47. The van der Waals surface area contributed by atoms with Crippen LogP contribution in [0.15, 0.2) is 18.2 Å². The summed E-state index contributed by atoms with van der Waals surface area (Å²) in [5, 5.41) is 31.2. The highest BCUT2D eigenvalue weighted by Crippen LogP contribution is 2.28. The molecule has 0 saturated carbocycles. The first-order chi connectivity index (χ1) is 10.0. The second-order valence-corrected chi connectivity index (χ2v) is 5.13. The van der Waals surface area contributed by atoms with Gasteiger partial charge in [-0.15, -0.1) is 0 Å². The van der Waals surface area contributed by atoms with Gasteiger partial charge in [-0.3, -0.25) is 25.1 Å². The summed E-state index contributed by atoms with van der Waals surface area (Å²) in [5.41, 5.74) is -0.0970. The molecular weight excluding hydrogens is 278 g/mol. The topological polar surface area (TPSA) is 110 Å². The van der Waals surface area contributed by atoms with Crippen LogP contribution in [0.3, 0.4) is 0 Å². The van der Waals surface area contributed by atoms with Crippen LogP contribution in [0, 0.1) is 20.2 Å². The highest BCUT2D eigenvalue weighted by atomic mass is 16.6. The van der Waals surface area contributed by atoms with Gasteiger partial charge in [-0.05, 0) is 25.5 Å². The number of benzene rings is 1. The Hall–Kier alpha value is -2.06. The lowest BCUT2D eigenvalue weighted by Crippen LogP contribution is -2.41. The molecule has 0 spiro atoms. The lowest BCUT2D eigenvalue weighted by atomic mass is 10.0. The van der Waals surface area contributed by atoms with E-state index in [4.69, 9.17) is 0 Å². The molecule has 8 nitrogen and oxygen atoms in total. The summed E-state index contributed by atoms with van der Waals surface area (Å²) in [5.74, 6) is 0. The number of nitro groups is 2. The number of rotatable bonds is 5. The average molecular weight is 295 g/mol. The van der Waals surface area contributed by atoms with Crippen LogP contribution in [-0.2, 0) is 6.54 Å². The van der Waals surface area contributed by atoms with Crippen LogP contribution >= 0.6 is 0 Å². The van der Waals surface area contributed by atoms with Crippen molar-refractivity contribution in [3.8, 4) is 0 Å².